The minimum absolute atomic E-state index is 0.251. The average molecular weight is 229 g/mol. The second-order valence-corrected chi connectivity index (χ2v) is 3.24. The van der Waals surface area contributed by atoms with Gasteiger partial charge in [0.15, 0.2) is 0 Å². The molecule has 0 bridgehead atoms. The highest BCUT2D eigenvalue weighted by atomic mass is 16.1. The second kappa shape index (κ2) is 5.02. The van der Waals surface area contributed by atoms with Gasteiger partial charge in [0.25, 0.3) is 5.91 Å². The van der Waals surface area contributed by atoms with Crippen LogP contribution in [0, 0.1) is 0 Å². The average Bonchev–Trinajstić information content (AvgIpc) is 2.40. The molecule has 17 heavy (non-hydrogen) atoms. The lowest BCUT2D eigenvalue weighted by molar-refractivity contribution is 0.102. The predicted octanol–water partition coefficient (Wildman–Crippen LogP) is 1.17. The van der Waals surface area contributed by atoms with Crippen LogP contribution in [0.5, 0.6) is 0 Å². The number of pyridine rings is 1. The van der Waals surface area contributed by atoms with Crippen LogP contribution < -0.4 is 10.6 Å². The first kappa shape index (κ1) is 11.0. The number of aromatic nitrogens is 3. The molecule has 2 aromatic heterocycles. The van der Waals surface area contributed by atoms with Crippen molar-refractivity contribution in [2.75, 3.05) is 17.7 Å². The van der Waals surface area contributed by atoms with E-state index in [1.54, 1.807) is 37.8 Å². The smallest absolute Gasteiger partial charge is 0.275 e. The molecule has 6 heteroatoms. The Labute approximate surface area is 98.1 Å². The van der Waals surface area contributed by atoms with Crippen LogP contribution in [0.25, 0.3) is 0 Å². The normalized spacial score (nSPS) is 9.71. The van der Waals surface area contributed by atoms with Gasteiger partial charge in [0, 0.05) is 13.2 Å². The zero-order chi connectivity index (χ0) is 12.1. The third-order valence-corrected chi connectivity index (χ3v) is 2.04. The summed E-state index contributed by atoms with van der Waals surface area (Å²) in [5.74, 6) is 0.228. The van der Waals surface area contributed by atoms with Gasteiger partial charge < -0.3 is 10.6 Å². The van der Waals surface area contributed by atoms with Crippen LogP contribution in [0.3, 0.4) is 0 Å². The molecule has 0 aromatic carbocycles. The van der Waals surface area contributed by atoms with Crippen LogP contribution in [-0.2, 0) is 0 Å². The fourth-order valence-electron chi connectivity index (χ4n) is 1.23. The van der Waals surface area contributed by atoms with E-state index in [1.807, 2.05) is 0 Å². The summed E-state index contributed by atoms with van der Waals surface area (Å²) in [4.78, 5) is 23.7. The van der Waals surface area contributed by atoms with Gasteiger partial charge in [-0.25, -0.2) is 4.98 Å². The van der Waals surface area contributed by atoms with Crippen LogP contribution in [0.2, 0.25) is 0 Å². The molecule has 0 aliphatic carbocycles. The Morgan fingerprint density at radius 3 is 2.82 bits per heavy atom. The zero-order valence-electron chi connectivity index (χ0n) is 9.21. The fraction of sp³-hybridized carbons (Fsp3) is 0.0909. The summed E-state index contributed by atoms with van der Waals surface area (Å²) in [7, 11) is 1.72. The van der Waals surface area contributed by atoms with E-state index in [4.69, 9.17) is 0 Å². The molecule has 0 spiro atoms. The van der Waals surface area contributed by atoms with Crippen molar-refractivity contribution in [3.05, 3.63) is 42.6 Å². The number of hydrogen-bond donors (Lipinski definition) is 2. The van der Waals surface area contributed by atoms with Crippen LogP contribution in [-0.4, -0.2) is 27.9 Å². The maximum absolute atomic E-state index is 11.8. The Morgan fingerprint density at radius 2 is 2.12 bits per heavy atom. The molecule has 2 N–H and O–H groups in total. The second-order valence-electron chi connectivity index (χ2n) is 3.24. The largest absolute Gasteiger partial charge is 0.372 e. The van der Waals surface area contributed by atoms with Gasteiger partial charge >= 0.3 is 0 Å². The topological polar surface area (TPSA) is 79.8 Å². The molecule has 0 atom stereocenters. The molecular weight excluding hydrogens is 218 g/mol. The van der Waals surface area contributed by atoms with Crippen molar-refractivity contribution in [3.63, 3.8) is 0 Å². The number of hydrogen-bond acceptors (Lipinski definition) is 5. The van der Waals surface area contributed by atoms with Crippen molar-refractivity contribution in [1.29, 1.82) is 0 Å². The van der Waals surface area contributed by atoms with Crippen LogP contribution in [0.1, 0.15) is 10.5 Å². The van der Waals surface area contributed by atoms with Gasteiger partial charge in [0.1, 0.15) is 11.5 Å². The fourth-order valence-corrected chi connectivity index (χ4v) is 1.23. The lowest BCUT2D eigenvalue weighted by Crippen LogP contribution is -2.14. The molecule has 0 unspecified atom stereocenters. The number of rotatable bonds is 3. The molecule has 0 fully saturated rings. The number of nitrogens with zero attached hydrogens (tertiary/aromatic N) is 3. The lowest BCUT2D eigenvalue weighted by Gasteiger charge is -2.04. The Hall–Kier alpha value is -2.50. The summed E-state index contributed by atoms with van der Waals surface area (Å²) in [5, 5.41) is 5.50. The zero-order valence-corrected chi connectivity index (χ0v) is 9.21. The lowest BCUT2D eigenvalue weighted by atomic mass is 10.3. The predicted molar refractivity (Wildman–Crippen MR) is 63.8 cm³/mol. The van der Waals surface area contributed by atoms with Gasteiger partial charge in [0.05, 0.1) is 24.3 Å². The first-order valence-electron chi connectivity index (χ1n) is 5.01. The molecule has 0 saturated carbocycles. The van der Waals surface area contributed by atoms with E-state index in [-0.39, 0.29) is 11.6 Å². The quantitative estimate of drug-likeness (QED) is 0.825. The molecule has 0 aliphatic heterocycles. The third-order valence-electron chi connectivity index (χ3n) is 2.04. The van der Waals surface area contributed by atoms with Gasteiger partial charge in [-0.05, 0) is 12.1 Å². The van der Waals surface area contributed by atoms with Crippen molar-refractivity contribution in [2.45, 2.75) is 0 Å². The van der Waals surface area contributed by atoms with Crippen LogP contribution in [0.4, 0.5) is 11.5 Å². The van der Waals surface area contributed by atoms with E-state index >= 15 is 0 Å². The van der Waals surface area contributed by atoms with Crippen molar-refractivity contribution < 1.29 is 4.79 Å². The Morgan fingerprint density at radius 1 is 1.24 bits per heavy atom. The molecule has 6 nitrogen and oxygen atoms in total. The molecule has 0 radical (unpaired) electrons. The molecule has 2 heterocycles. The maximum atomic E-state index is 11.8. The minimum Gasteiger partial charge on any atom is -0.372 e. The van der Waals surface area contributed by atoms with Gasteiger partial charge in [-0.1, -0.05) is 0 Å². The number of nitrogens with one attached hydrogen (secondary N) is 2. The molecule has 0 saturated heterocycles. The molecule has 1 amide bonds. The molecule has 2 rings (SSSR count). The number of carbonyl (C=O) groups is 1. The van der Waals surface area contributed by atoms with E-state index in [9.17, 15) is 4.79 Å². The first-order chi connectivity index (χ1) is 8.29. The van der Waals surface area contributed by atoms with Crippen molar-refractivity contribution in [3.8, 4) is 0 Å². The standard InChI is InChI=1S/C11H11N5O/c1-12-10-7-14-6-9(16-10)11(17)15-8-3-2-4-13-5-8/h2-7H,1H3,(H,12,16)(H,15,17). The molecule has 0 aliphatic rings. The summed E-state index contributed by atoms with van der Waals surface area (Å²) in [5.41, 5.74) is 0.870. The van der Waals surface area contributed by atoms with E-state index in [2.05, 4.69) is 25.6 Å². The van der Waals surface area contributed by atoms with E-state index < -0.39 is 0 Å². The van der Waals surface area contributed by atoms with Gasteiger partial charge in [0.2, 0.25) is 0 Å². The molecule has 2 aromatic rings. The third kappa shape index (κ3) is 2.75. The van der Waals surface area contributed by atoms with Crippen LogP contribution >= 0.6 is 0 Å². The number of anilines is 2. The Bertz CT molecular complexity index is 514. The minimum atomic E-state index is -0.317. The van der Waals surface area contributed by atoms with Gasteiger partial charge in [-0.3, -0.25) is 14.8 Å². The van der Waals surface area contributed by atoms with E-state index in [0.717, 1.165) is 0 Å². The highest BCUT2D eigenvalue weighted by Gasteiger charge is 2.08. The maximum Gasteiger partial charge on any atom is 0.275 e. The SMILES string of the molecule is CNc1cncc(C(=O)Nc2cccnc2)n1. The van der Waals surface area contributed by atoms with E-state index in [0.29, 0.717) is 11.5 Å². The monoisotopic (exact) mass is 229 g/mol. The van der Waals surface area contributed by atoms with E-state index in [1.165, 1.54) is 6.20 Å². The van der Waals surface area contributed by atoms with Crippen LogP contribution in [0.15, 0.2) is 36.9 Å². The Balaban J connectivity index is 2.14. The summed E-state index contributed by atoms with van der Waals surface area (Å²) >= 11 is 0. The van der Waals surface area contributed by atoms with Gasteiger partial charge in [-0.2, -0.15) is 0 Å². The summed E-state index contributed by atoms with van der Waals surface area (Å²) in [6, 6.07) is 3.49. The summed E-state index contributed by atoms with van der Waals surface area (Å²) in [6.07, 6.45) is 6.15. The van der Waals surface area contributed by atoms with Gasteiger partial charge in [-0.15, -0.1) is 0 Å². The molecular formula is C11H11N5O. The summed E-state index contributed by atoms with van der Waals surface area (Å²) in [6.45, 7) is 0. The summed E-state index contributed by atoms with van der Waals surface area (Å²) < 4.78 is 0. The number of amides is 1. The van der Waals surface area contributed by atoms with Crippen molar-refractivity contribution in [1.82, 2.24) is 15.0 Å². The Kier molecular flexibility index (Phi) is 3.25. The highest BCUT2D eigenvalue weighted by molar-refractivity contribution is 6.02. The van der Waals surface area contributed by atoms with Crippen molar-refractivity contribution >= 4 is 17.4 Å². The highest BCUT2D eigenvalue weighted by Crippen LogP contribution is 2.06. The molecule has 86 valence electrons. The first-order valence-corrected chi connectivity index (χ1v) is 5.01. The number of carbonyl (C=O) groups excluding carboxylic acids is 1. The van der Waals surface area contributed by atoms with Crippen molar-refractivity contribution in [2.24, 2.45) is 0 Å².